The molecule has 0 aliphatic heterocycles. The maximum absolute atomic E-state index is 12.4. The van der Waals surface area contributed by atoms with Crippen LogP contribution in [0.3, 0.4) is 0 Å². The number of sulfonamides is 1. The number of para-hydroxylation sites is 1. The molecule has 0 bridgehead atoms. The van der Waals surface area contributed by atoms with Gasteiger partial charge in [-0.2, -0.15) is 0 Å². The highest BCUT2D eigenvalue weighted by atomic mass is 32.2. The van der Waals surface area contributed by atoms with E-state index in [0.29, 0.717) is 6.42 Å². The maximum Gasteiger partial charge on any atom is 0.349 e. The van der Waals surface area contributed by atoms with E-state index in [-0.39, 0.29) is 16.3 Å². The van der Waals surface area contributed by atoms with Crippen LogP contribution in [0.1, 0.15) is 14.7 Å². The fourth-order valence-electron chi connectivity index (χ4n) is 2.15. The summed E-state index contributed by atoms with van der Waals surface area (Å²) in [6.45, 7) is 0.207. The molecule has 0 fully saturated rings. The predicted octanol–water partition coefficient (Wildman–Crippen LogP) is 2.67. The van der Waals surface area contributed by atoms with Crippen LogP contribution in [0.15, 0.2) is 40.6 Å². The molecule has 0 aliphatic rings. The fraction of sp³-hybridized carbons (Fsp3) is 0.200. The summed E-state index contributed by atoms with van der Waals surface area (Å²) in [6, 6.07) is 9.16. The van der Waals surface area contributed by atoms with Crippen molar-refractivity contribution in [2.75, 3.05) is 13.7 Å². The van der Waals surface area contributed by atoms with Crippen molar-refractivity contribution in [3.63, 3.8) is 0 Å². The van der Waals surface area contributed by atoms with Crippen LogP contribution in [0.2, 0.25) is 0 Å². The van der Waals surface area contributed by atoms with Gasteiger partial charge in [-0.1, -0.05) is 12.1 Å². The third-order valence-corrected chi connectivity index (χ3v) is 6.88. The zero-order chi connectivity index (χ0) is 17.2. The average Bonchev–Trinajstić information content (AvgIpc) is 3.20. The second-order valence-corrected chi connectivity index (χ2v) is 8.60. The molecule has 126 valence electrons. The summed E-state index contributed by atoms with van der Waals surface area (Å²) >= 11 is 2.58. The standard InChI is InChI=1S/C15H14N2O4S3/c1-21-15(18)14-12(7-9-22-14)24(19,20)16-8-6-13-17-10-4-2-3-5-11(10)23-13/h2-5,7,9,16H,6,8H2,1H3. The molecular weight excluding hydrogens is 368 g/mol. The van der Waals surface area contributed by atoms with Crippen LogP contribution in [0.5, 0.6) is 0 Å². The summed E-state index contributed by atoms with van der Waals surface area (Å²) in [5.41, 5.74) is 0.908. The number of ether oxygens (including phenoxy) is 1. The Morgan fingerprint density at radius 1 is 1.29 bits per heavy atom. The van der Waals surface area contributed by atoms with Crippen molar-refractivity contribution in [2.45, 2.75) is 11.3 Å². The molecule has 0 aliphatic carbocycles. The summed E-state index contributed by atoms with van der Waals surface area (Å²) in [4.78, 5) is 16.1. The smallest absolute Gasteiger partial charge is 0.349 e. The Hall–Kier alpha value is -1.81. The number of hydrogen-bond acceptors (Lipinski definition) is 7. The van der Waals surface area contributed by atoms with E-state index in [1.165, 1.54) is 24.5 Å². The number of esters is 1. The average molecular weight is 382 g/mol. The number of carbonyl (C=O) groups is 1. The van der Waals surface area contributed by atoms with E-state index in [4.69, 9.17) is 0 Å². The first kappa shape index (κ1) is 17.0. The molecule has 24 heavy (non-hydrogen) atoms. The summed E-state index contributed by atoms with van der Waals surface area (Å²) in [6.07, 6.45) is 0.482. The lowest BCUT2D eigenvalue weighted by Crippen LogP contribution is -2.27. The number of nitrogens with one attached hydrogen (secondary N) is 1. The second kappa shape index (κ2) is 6.98. The molecule has 2 aromatic heterocycles. The third-order valence-electron chi connectivity index (χ3n) is 3.26. The lowest BCUT2D eigenvalue weighted by Gasteiger charge is -2.06. The first-order valence-corrected chi connectivity index (χ1v) is 10.2. The normalized spacial score (nSPS) is 11.7. The fourth-order valence-corrected chi connectivity index (χ4v) is 5.48. The molecule has 0 atom stereocenters. The van der Waals surface area contributed by atoms with Gasteiger partial charge >= 0.3 is 5.97 Å². The largest absolute Gasteiger partial charge is 0.465 e. The first-order chi connectivity index (χ1) is 11.5. The minimum atomic E-state index is -3.77. The summed E-state index contributed by atoms with van der Waals surface area (Å²) in [7, 11) is -2.55. The number of thiophene rings is 1. The van der Waals surface area contributed by atoms with Crippen LogP contribution in [0, 0.1) is 0 Å². The third kappa shape index (κ3) is 3.48. The second-order valence-electron chi connectivity index (χ2n) is 4.83. The van der Waals surface area contributed by atoms with Crippen LogP contribution in [0.25, 0.3) is 10.2 Å². The highest BCUT2D eigenvalue weighted by Gasteiger charge is 2.24. The molecule has 3 aromatic rings. The SMILES string of the molecule is COC(=O)c1sccc1S(=O)(=O)NCCc1nc2ccccc2s1. The monoisotopic (exact) mass is 382 g/mol. The van der Waals surface area contributed by atoms with Crippen LogP contribution >= 0.6 is 22.7 Å². The molecule has 0 saturated carbocycles. The maximum atomic E-state index is 12.4. The van der Waals surface area contributed by atoms with Gasteiger partial charge < -0.3 is 4.74 Å². The van der Waals surface area contributed by atoms with Crippen LogP contribution in [-0.4, -0.2) is 33.0 Å². The van der Waals surface area contributed by atoms with Gasteiger partial charge in [0.1, 0.15) is 9.77 Å². The summed E-state index contributed by atoms with van der Waals surface area (Å²) in [5.74, 6) is -0.656. The highest BCUT2D eigenvalue weighted by molar-refractivity contribution is 7.89. The zero-order valence-corrected chi connectivity index (χ0v) is 15.1. The van der Waals surface area contributed by atoms with Crippen molar-refractivity contribution in [1.29, 1.82) is 0 Å². The number of aromatic nitrogens is 1. The molecule has 3 rings (SSSR count). The Morgan fingerprint density at radius 3 is 2.83 bits per heavy atom. The number of methoxy groups -OCH3 is 1. The van der Waals surface area contributed by atoms with Crippen molar-refractivity contribution in [3.05, 3.63) is 45.6 Å². The van der Waals surface area contributed by atoms with Gasteiger partial charge in [-0.05, 0) is 23.6 Å². The molecule has 0 unspecified atom stereocenters. The van der Waals surface area contributed by atoms with Crippen molar-refractivity contribution < 1.29 is 17.9 Å². The van der Waals surface area contributed by atoms with E-state index in [1.807, 2.05) is 24.3 Å². The van der Waals surface area contributed by atoms with Gasteiger partial charge in [-0.15, -0.1) is 22.7 Å². The number of benzene rings is 1. The van der Waals surface area contributed by atoms with Crippen molar-refractivity contribution in [3.8, 4) is 0 Å². The van der Waals surface area contributed by atoms with E-state index < -0.39 is 16.0 Å². The molecule has 1 N–H and O–H groups in total. The quantitative estimate of drug-likeness (QED) is 0.663. The molecule has 0 amide bonds. The molecule has 0 spiro atoms. The lowest BCUT2D eigenvalue weighted by atomic mass is 10.3. The van der Waals surface area contributed by atoms with E-state index in [2.05, 4.69) is 14.4 Å². The molecule has 6 nitrogen and oxygen atoms in total. The van der Waals surface area contributed by atoms with Crippen LogP contribution < -0.4 is 4.72 Å². The van der Waals surface area contributed by atoms with E-state index in [1.54, 1.807) is 5.38 Å². The number of fused-ring (bicyclic) bond motifs is 1. The van der Waals surface area contributed by atoms with Gasteiger partial charge in [-0.25, -0.2) is 22.9 Å². The Bertz CT molecular complexity index is 942. The van der Waals surface area contributed by atoms with Crippen molar-refractivity contribution in [2.24, 2.45) is 0 Å². The Kier molecular flexibility index (Phi) is 4.95. The number of hydrogen-bond donors (Lipinski definition) is 1. The van der Waals surface area contributed by atoms with E-state index in [0.717, 1.165) is 26.6 Å². The van der Waals surface area contributed by atoms with E-state index in [9.17, 15) is 13.2 Å². The van der Waals surface area contributed by atoms with Gasteiger partial charge in [0.25, 0.3) is 0 Å². The lowest BCUT2D eigenvalue weighted by molar-refractivity contribution is 0.0602. The number of nitrogens with zero attached hydrogens (tertiary/aromatic N) is 1. The topological polar surface area (TPSA) is 85.4 Å². The van der Waals surface area contributed by atoms with Crippen LogP contribution in [-0.2, 0) is 21.2 Å². The number of carbonyl (C=O) groups excluding carboxylic acids is 1. The Morgan fingerprint density at radius 2 is 2.08 bits per heavy atom. The Balaban J connectivity index is 1.69. The molecule has 0 saturated heterocycles. The highest BCUT2D eigenvalue weighted by Crippen LogP contribution is 2.23. The summed E-state index contributed by atoms with van der Waals surface area (Å²) in [5, 5.41) is 2.41. The zero-order valence-electron chi connectivity index (χ0n) is 12.7. The van der Waals surface area contributed by atoms with Crippen molar-refractivity contribution in [1.82, 2.24) is 9.71 Å². The number of thiazole rings is 1. The minimum Gasteiger partial charge on any atom is -0.465 e. The molecule has 0 radical (unpaired) electrons. The van der Waals surface area contributed by atoms with Crippen LogP contribution in [0.4, 0.5) is 0 Å². The van der Waals surface area contributed by atoms with Gasteiger partial charge in [0.05, 0.1) is 22.3 Å². The first-order valence-electron chi connectivity index (χ1n) is 7.01. The van der Waals surface area contributed by atoms with Gasteiger partial charge in [0.15, 0.2) is 0 Å². The molecule has 2 heterocycles. The van der Waals surface area contributed by atoms with Crippen molar-refractivity contribution >= 4 is 48.9 Å². The van der Waals surface area contributed by atoms with Gasteiger partial charge in [-0.3, -0.25) is 0 Å². The predicted molar refractivity (Wildman–Crippen MR) is 94.2 cm³/mol. The molecule has 1 aromatic carbocycles. The Labute approximate surface area is 147 Å². The van der Waals surface area contributed by atoms with Gasteiger partial charge in [0, 0.05) is 13.0 Å². The summed E-state index contributed by atoms with van der Waals surface area (Å²) < 4.78 is 32.9. The van der Waals surface area contributed by atoms with Gasteiger partial charge in [0.2, 0.25) is 10.0 Å². The molecular formula is C15H14N2O4S3. The van der Waals surface area contributed by atoms with E-state index >= 15 is 0 Å². The minimum absolute atomic E-state index is 0.0522. The number of rotatable bonds is 6. The molecule has 9 heteroatoms.